The number of fused-ring (bicyclic) bond motifs is 1. The van der Waals surface area contributed by atoms with Crippen LogP contribution in [0.2, 0.25) is 5.02 Å². The third-order valence-electron chi connectivity index (χ3n) is 2.95. The van der Waals surface area contributed by atoms with Crippen LogP contribution in [-0.4, -0.2) is 9.97 Å². The third-order valence-corrected chi connectivity index (χ3v) is 3.28. The van der Waals surface area contributed by atoms with Gasteiger partial charge in [-0.25, -0.2) is 9.97 Å². The van der Waals surface area contributed by atoms with Gasteiger partial charge in [0.05, 0.1) is 0 Å². The highest BCUT2D eigenvalue weighted by atomic mass is 35.5. The third kappa shape index (κ3) is 2.43. The molecule has 0 aliphatic carbocycles. The molecule has 3 rings (SSSR count). The standard InChI is InChI=1S/C15H12ClN3O/c16-13-5-6-14(12-4-2-1-3-11(12)13)20-15-18-8-10(7-17)9-19-15/h1-6,8-9H,7,17H2. The Morgan fingerprint density at radius 2 is 1.70 bits per heavy atom. The van der Waals surface area contributed by atoms with E-state index in [1.54, 1.807) is 18.5 Å². The summed E-state index contributed by atoms with van der Waals surface area (Å²) in [6.07, 6.45) is 3.31. The molecule has 0 unspecified atom stereocenters. The van der Waals surface area contributed by atoms with E-state index in [2.05, 4.69) is 9.97 Å². The van der Waals surface area contributed by atoms with Crippen LogP contribution in [0, 0.1) is 0 Å². The average Bonchev–Trinajstić information content (AvgIpc) is 2.51. The Hall–Kier alpha value is -2.17. The first-order chi connectivity index (χ1) is 9.78. The lowest BCUT2D eigenvalue weighted by molar-refractivity contribution is 0.446. The summed E-state index contributed by atoms with van der Waals surface area (Å²) in [4.78, 5) is 8.26. The van der Waals surface area contributed by atoms with Crippen LogP contribution in [-0.2, 0) is 6.54 Å². The minimum absolute atomic E-state index is 0.287. The summed E-state index contributed by atoms with van der Waals surface area (Å²) in [6.45, 7) is 0.407. The Morgan fingerprint density at radius 3 is 2.40 bits per heavy atom. The van der Waals surface area contributed by atoms with E-state index in [4.69, 9.17) is 22.1 Å². The van der Waals surface area contributed by atoms with E-state index >= 15 is 0 Å². The van der Waals surface area contributed by atoms with Crippen molar-refractivity contribution in [3.63, 3.8) is 0 Å². The molecule has 100 valence electrons. The predicted octanol–water partition coefficient (Wildman–Crippen LogP) is 3.53. The lowest BCUT2D eigenvalue weighted by atomic mass is 10.1. The monoisotopic (exact) mass is 285 g/mol. The molecule has 0 fully saturated rings. The van der Waals surface area contributed by atoms with Crippen molar-refractivity contribution in [1.29, 1.82) is 0 Å². The van der Waals surface area contributed by atoms with E-state index in [1.165, 1.54) is 0 Å². The van der Waals surface area contributed by atoms with Crippen molar-refractivity contribution in [1.82, 2.24) is 9.97 Å². The number of hydrogen-bond acceptors (Lipinski definition) is 4. The number of ether oxygens (including phenoxy) is 1. The van der Waals surface area contributed by atoms with Crippen LogP contribution >= 0.6 is 11.6 Å². The zero-order valence-electron chi connectivity index (χ0n) is 10.6. The zero-order valence-corrected chi connectivity index (χ0v) is 11.3. The number of nitrogens with two attached hydrogens (primary N) is 1. The lowest BCUT2D eigenvalue weighted by Gasteiger charge is -2.08. The van der Waals surface area contributed by atoms with Gasteiger partial charge in [-0.05, 0) is 12.1 Å². The van der Waals surface area contributed by atoms with Crippen LogP contribution in [0.3, 0.4) is 0 Å². The molecule has 0 aliphatic rings. The van der Waals surface area contributed by atoms with Gasteiger partial charge in [-0.15, -0.1) is 0 Å². The van der Waals surface area contributed by atoms with Crippen LogP contribution < -0.4 is 10.5 Å². The summed E-state index contributed by atoms with van der Waals surface area (Å²) in [6, 6.07) is 11.7. The van der Waals surface area contributed by atoms with Crippen molar-refractivity contribution in [3.05, 3.63) is 59.4 Å². The van der Waals surface area contributed by atoms with Gasteiger partial charge in [0.15, 0.2) is 0 Å². The molecule has 1 aromatic heterocycles. The summed E-state index contributed by atoms with van der Waals surface area (Å²) >= 11 is 6.17. The number of hydrogen-bond donors (Lipinski definition) is 1. The van der Waals surface area contributed by atoms with Gasteiger partial charge in [0.25, 0.3) is 0 Å². The molecule has 5 heteroatoms. The van der Waals surface area contributed by atoms with Gasteiger partial charge in [0.2, 0.25) is 0 Å². The molecule has 2 aromatic carbocycles. The zero-order chi connectivity index (χ0) is 13.9. The van der Waals surface area contributed by atoms with Crippen LogP contribution in [0.5, 0.6) is 11.8 Å². The number of benzene rings is 2. The van der Waals surface area contributed by atoms with Crippen molar-refractivity contribution >= 4 is 22.4 Å². The molecule has 0 saturated carbocycles. The van der Waals surface area contributed by atoms with Gasteiger partial charge in [-0.2, -0.15) is 0 Å². The first kappa shape index (κ1) is 12.8. The first-order valence-electron chi connectivity index (χ1n) is 6.14. The van der Waals surface area contributed by atoms with Gasteiger partial charge in [0, 0.05) is 40.3 Å². The fourth-order valence-corrected chi connectivity index (χ4v) is 2.15. The summed E-state index contributed by atoms with van der Waals surface area (Å²) < 4.78 is 5.72. The van der Waals surface area contributed by atoms with E-state index in [0.29, 0.717) is 17.3 Å². The topological polar surface area (TPSA) is 61.0 Å². The maximum Gasteiger partial charge on any atom is 0.321 e. The van der Waals surface area contributed by atoms with E-state index in [1.807, 2.05) is 30.3 Å². The number of rotatable bonds is 3. The molecule has 3 aromatic rings. The highest BCUT2D eigenvalue weighted by molar-refractivity contribution is 6.35. The van der Waals surface area contributed by atoms with E-state index in [0.717, 1.165) is 16.3 Å². The van der Waals surface area contributed by atoms with Crippen molar-refractivity contribution in [2.75, 3.05) is 0 Å². The van der Waals surface area contributed by atoms with Crippen LogP contribution in [0.4, 0.5) is 0 Å². The maximum atomic E-state index is 6.17. The summed E-state index contributed by atoms with van der Waals surface area (Å²) in [5, 5.41) is 2.55. The second-order valence-electron chi connectivity index (χ2n) is 4.27. The molecule has 0 spiro atoms. The molecule has 0 radical (unpaired) electrons. The highest BCUT2D eigenvalue weighted by Gasteiger charge is 2.07. The van der Waals surface area contributed by atoms with Gasteiger partial charge in [0.1, 0.15) is 5.75 Å². The molecule has 2 N–H and O–H groups in total. The van der Waals surface area contributed by atoms with Crippen molar-refractivity contribution in [3.8, 4) is 11.8 Å². The number of nitrogens with zero attached hydrogens (tertiary/aromatic N) is 2. The molecule has 0 bridgehead atoms. The molecule has 0 saturated heterocycles. The lowest BCUT2D eigenvalue weighted by Crippen LogP contribution is -1.99. The smallest absolute Gasteiger partial charge is 0.321 e. The number of halogens is 1. The molecule has 4 nitrogen and oxygen atoms in total. The summed E-state index contributed by atoms with van der Waals surface area (Å²) in [5.74, 6) is 0.672. The quantitative estimate of drug-likeness (QED) is 0.799. The molecule has 0 aliphatic heterocycles. The first-order valence-corrected chi connectivity index (χ1v) is 6.52. The molecule has 20 heavy (non-hydrogen) atoms. The second kappa shape index (κ2) is 5.45. The maximum absolute atomic E-state index is 6.17. The predicted molar refractivity (Wildman–Crippen MR) is 79.0 cm³/mol. The van der Waals surface area contributed by atoms with Crippen molar-refractivity contribution in [2.45, 2.75) is 6.54 Å². The SMILES string of the molecule is NCc1cnc(Oc2ccc(Cl)c3ccccc23)nc1. The average molecular weight is 286 g/mol. The molecule has 0 atom stereocenters. The van der Waals surface area contributed by atoms with Crippen molar-refractivity contribution in [2.24, 2.45) is 5.73 Å². The molecular weight excluding hydrogens is 274 g/mol. The summed E-state index contributed by atoms with van der Waals surface area (Å²) in [5.41, 5.74) is 6.37. The second-order valence-corrected chi connectivity index (χ2v) is 4.68. The Kier molecular flexibility index (Phi) is 3.50. The van der Waals surface area contributed by atoms with Gasteiger partial charge >= 0.3 is 6.01 Å². The van der Waals surface area contributed by atoms with Gasteiger partial charge in [-0.1, -0.05) is 35.9 Å². The minimum Gasteiger partial charge on any atom is -0.424 e. The normalized spacial score (nSPS) is 10.7. The highest BCUT2D eigenvalue weighted by Crippen LogP contribution is 2.32. The molecule has 0 amide bonds. The Balaban J connectivity index is 2.00. The van der Waals surface area contributed by atoms with Crippen molar-refractivity contribution < 1.29 is 4.74 Å². The van der Waals surface area contributed by atoms with Gasteiger partial charge < -0.3 is 10.5 Å². The van der Waals surface area contributed by atoms with E-state index in [-0.39, 0.29) is 6.01 Å². The molecular formula is C15H12ClN3O. The Morgan fingerprint density at radius 1 is 1.00 bits per heavy atom. The fourth-order valence-electron chi connectivity index (χ4n) is 1.92. The Labute approximate surface area is 121 Å². The van der Waals surface area contributed by atoms with Crippen LogP contribution in [0.15, 0.2) is 48.8 Å². The largest absolute Gasteiger partial charge is 0.424 e. The minimum atomic E-state index is 0.287. The fraction of sp³-hybridized carbons (Fsp3) is 0.0667. The summed E-state index contributed by atoms with van der Waals surface area (Å²) in [7, 11) is 0. The van der Waals surface area contributed by atoms with Crippen LogP contribution in [0.1, 0.15) is 5.56 Å². The van der Waals surface area contributed by atoms with Gasteiger partial charge in [-0.3, -0.25) is 0 Å². The Bertz CT molecular complexity index is 744. The number of aromatic nitrogens is 2. The van der Waals surface area contributed by atoms with Crippen LogP contribution in [0.25, 0.3) is 10.8 Å². The van der Waals surface area contributed by atoms with E-state index in [9.17, 15) is 0 Å². The van der Waals surface area contributed by atoms with E-state index < -0.39 is 0 Å². The molecule has 1 heterocycles.